The number of nitrogens with zero attached hydrogens (tertiary/aromatic N) is 4. The summed E-state index contributed by atoms with van der Waals surface area (Å²) in [4.78, 5) is 7.81. The first-order valence-corrected chi connectivity index (χ1v) is 30.3. The molecule has 4 nitrogen and oxygen atoms in total. The second-order valence-corrected chi connectivity index (χ2v) is 24.0. The fourth-order valence-electron chi connectivity index (χ4n) is 14.0. The summed E-state index contributed by atoms with van der Waals surface area (Å²) >= 11 is 0. The summed E-state index contributed by atoms with van der Waals surface area (Å²) in [6.07, 6.45) is 0. The summed E-state index contributed by atoms with van der Waals surface area (Å²) < 4.78 is 2.48. The molecule has 5 heteroatoms. The molecule has 0 atom stereocenters. The van der Waals surface area contributed by atoms with Crippen molar-refractivity contribution in [2.75, 3.05) is 14.7 Å². The molecule has 87 heavy (non-hydrogen) atoms. The molecule has 0 amide bonds. The lowest BCUT2D eigenvalue weighted by atomic mass is 9.33. The fraction of sp³-hybridized carbons (Fsp3) is 0.0488. The third-order valence-electron chi connectivity index (χ3n) is 17.9. The first kappa shape index (κ1) is 51.7. The Hall–Kier alpha value is -10.9. The predicted molar refractivity (Wildman–Crippen MR) is 370 cm³/mol. The zero-order chi connectivity index (χ0) is 58.2. The summed E-state index contributed by atoms with van der Waals surface area (Å²) in [5, 5.41) is 2.41. The van der Waals surface area contributed by atoms with Gasteiger partial charge in [-0.3, -0.25) is 0 Å². The van der Waals surface area contributed by atoms with Gasteiger partial charge in [0.2, 0.25) is 0 Å². The number of anilines is 9. The lowest BCUT2D eigenvalue weighted by molar-refractivity contribution is 0.590. The normalized spacial score (nSPS) is 12.5. The standard InChI is InChI=1S/C82H61BN4/c1-82(2,3)60-53-75-78-76(54-60)87(80-67(58-33-15-6-16-34-58)46-28-47-68(80)59-35-17-7-18-36-59)81-71(51-52-73-77(81)69-43-25-26-48-72(69)85(73)63-41-23-10-24-42-63)83(78)70-50-49-64(84(61-37-19-8-20-38-61)62-39-21-9-22-40-62)55-74(70)86(75)79-65(56-29-11-4-12-30-56)44-27-45-66(79)57-31-13-5-14-32-57/h4-55H,1-3H3. The maximum Gasteiger partial charge on any atom is 0.252 e. The van der Waals surface area contributed by atoms with Crippen molar-refractivity contribution in [1.82, 2.24) is 4.57 Å². The van der Waals surface area contributed by atoms with Crippen LogP contribution in [-0.4, -0.2) is 11.3 Å². The average Bonchev–Trinajstić information content (AvgIpc) is 1.68. The average molecular weight is 1110 g/mol. The van der Waals surface area contributed by atoms with Gasteiger partial charge in [0.05, 0.1) is 28.1 Å². The van der Waals surface area contributed by atoms with Crippen molar-refractivity contribution in [3.05, 3.63) is 321 Å². The second-order valence-electron chi connectivity index (χ2n) is 24.0. The summed E-state index contributed by atoms with van der Waals surface area (Å²) in [5.74, 6) is 0. The van der Waals surface area contributed by atoms with Gasteiger partial charge in [-0.25, -0.2) is 0 Å². The van der Waals surface area contributed by atoms with E-state index in [2.05, 4.69) is 355 Å². The molecule has 3 heterocycles. The molecule has 1 aromatic heterocycles. The molecule has 2 aliphatic rings. The van der Waals surface area contributed by atoms with E-state index in [9.17, 15) is 0 Å². The van der Waals surface area contributed by atoms with Gasteiger partial charge in [-0.2, -0.15) is 0 Å². The van der Waals surface area contributed by atoms with Gasteiger partial charge in [-0.1, -0.05) is 263 Å². The molecule has 0 saturated heterocycles. The highest BCUT2D eigenvalue weighted by atomic mass is 15.2. The van der Waals surface area contributed by atoms with E-state index >= 15 is 0 Å². The van der Waals surface area contributed by atoms with Crippen LogP contribution in [0, 0.1) is 0 Å². The summed E-state index contributed by atoms with van der Waals surface area (Å²) in [7, 11) is 0. The van der Waals surface area contributed by atoms with Crippen molar-refractivity contribution in [2.45, 2.75) is 26.2 Å². The van der Waals surface area contributed by atoms with Crippen molar-refractivity contribution in [1.29, 1.82) is 0 Å². The lowest BCUT2D eigenvalue weighted by Crippen LogP contribution is -2.61. The van der Waals surface area contributed by atoms with E-state index in [0.717, 1.165) is 107 Å². The molecule has 0 radical (unpaired) electrons. The Morgan fingerprint density at radius 2 is 0.747 bits per heavy atom. The van der Waals surface area contributed by atoms with Gasteiger partial charge in [0.25, 0.3) is 6.71 Å². The number of hydrogen-bond acceptors (Lipinski definition) is 3. The van der Waals surface area contributed by atoms with Gasteiger partial charge in [-0.05, 0) is 122 Å². The van der Waals surface area contributed by atoms with Gasteiger partial charge in [0, 0.05) is 72.8 Å². The van der Waals surface area contributed by atoms with E-state index in [1.165, 1.54) is 38.4 Å². The van der Waals surface area contributed by atoms with E-state index in [0.29, 0.717) is 0 Å². The van der Waals surface area contributed by atoms with E-state index < -0.39 is 0 Å². The van der Waals surface area contributed by atoms with Gasteiger partial charge in [0.1, 0.15) is 0 Å². The molecule has 412 valence electrons. The van der Waals surface area contributed by atoms with Gasteiger partial charge >= 0.3 is 0 Å². The van der Waals surface area contributed by atoms with Crippen molar-refractivity contribution < 1.29 is 0 Å². The lowest BCUT2D eigenvalue weighted by Gasteiger charge is -2.47. The molecule has 0 N–H and O–H groups in total. The third-order valence-corrected chi connectivity index (χ3v) is 17.9. The highest BCUT2D eigenvalue weighted by molar-refractivity contribution is 7.00. The van der Waals surface area contributed by atoms with Gasteiger partial charge in [-0.15, -0.1) is 0 Å². The molecule has 13 aromatic carbocycles. The highest BCUT2D eigenvalue weighted by Crippen LogP contribution is 2.56. The fourth-order valence-corrected chi connectivity index (χ4v) is 14.0. The molecule has 0 unspecified atom stereocenters. The van der Waals surface area contributed by atoms with Crippen LogP contribution in [0.25, 0.3) is 72.0 Å². The minimum atomic E-state index is -0.296. The Bertz CT molecular complexity index is 4730. The SMILES string of the molecule is CC(C)(C)c1cc2c3c(c1)N(c1c(-c4ccccc4)cccc1-c1ccccc1)c1c(ccc4c1c1ccccc1n4-c1ccccc1)B3c1ccc(N(c3ccccc3)c3ccccc3)cc1N2c1c(-c2ccccc2)cccc1-c1ccccc1. The van der Waals surface area contributed by atoms with Crippen LogP contribution in [0.1, 0.15) is 26.3 Å². The Morgan fingerprint density at radius 3 is 1.24 bits per heavy atom. The van der Waals surface area contributed by atoms with Crippen molar-refractivity contribution >= 4 is 96.1 Å². The zero-order valence-electron chi connectivity index (χ0n) is 48.9. The molecular weight excluding hydrogens is 1050 g/mol. The molecule has 0 bridgehead atoms. The molecule has 0 spiro atoms. The zero-order valence-corrected chi connectivity index (χ0v) is 48.9. The Morgan fingerprint density at radius 1 is 0.322 bits per heavy atom. The van der Waals surface area contributed by atoms with E-state index in [-0.39, 0.29) is 12.1 Å². The minimum Gasteiger partial charge on any atom is -0.310 e. The Labute approximate surface area is 509 Å². The molecule has 14 aromatic rings. The van der Waals surface area contributed by atoms with Crippen molar-refractivity contribution in [3.63, 3.8) is 0 Å². The number of fused-ring (bicyclic) bond motifs is 8. The molecular formula is C82H61BN4. The quantitative estimate of drug-likeness (QED) is 0.127. The van der Waals surface area contributed by atoms with Gasteiger partial charge < -0.3 is 19.3 Å². The maximum atomic E-state index is 2.72. The van der Waals surface area contributed by atoms with Crippen LogP contribution in [0.15, 0.2) is 315 Å². The Balaban J connectivity index is 1.11. The van der Waals surface area contributed by atoms with Gasteiger partial charge in [0.15, 0.2) is 0 Å². The topological polar surface area (TPSA) is 14.7 Å². The highest BCUT2D eigenvalue weighted by Gasteiger charge is 2.47. The molecule has 0 fully saturated rings. The maximum absolute atomic E-state index is 2.72. The van der Waals surface area contributed by atoms with E-state index in [4.69, 9.17) is 0 Å². The Kier molecular flexibility index (Phi) is 12.5. The summed E-state index contributed by atoms with van der Waals surface area (Å²) in [6.45, 7) is 6.92. The first-order chi connectivity index (χ1) is 42.9. The van der Waals surface area contributed by atoms with Crippen LogP contribution < -0.4 is 31.1 Å². The van der Waals surface area contributed by atoms with Crippen LogP contribution in [0.2, 0.25) is 0 Å². The predicted octanol–water partition coefficient (Wildman–Crippen LogP) is 20.3. The van der Waals surface area contributed by atoms with Crippen molar-refractivity contribution in [2.24, 2.45) is 0 Å². The smallest absolute Gasteiger partial charge is 0.252 e. The summed E-state index contributed by atoms with van der Waals surface area (Å²) in [6, 6.07) is 117. The van der Waals surface area contributed by atoms with E-state index in [1.807, 2.05) is 0 Å². The largest absolute Gasteiger partial charge is 0.310 e. The monoisotopic (exact) mass is 1110 g/mol. The number of hydrogen-bond donors (Lipinski definition) is 0. The van der Waals surface area contributed by atoms with Crippen LogP contribution in [-0.2, 0) is 5.41 Å². The van der Waals surface area contributed by atoms with E-state index in [1.54, 1.807) is 0 Å². The van der Waals surface area contributed by atoms with Crippen LogP contribution in [0.5, 0.6) is 0 Å². The molecule has 16 rings (SSSR count). The second kappa shape index (κ2) is 21.0. The first-order valence-electron chi connectivity index (χ1n) is 30.3. The number of benzene rings is 13. The summed E-state index contributed by atoms with van der Waals surface area (Å²) in [5.41, 5.74) is 27.4. The number of rotatable bonds is 10. The third kappa shape index (κ3) is 8.60. The number of para-hydroxylation sites is 6. The van der Waals surface area contributed by atoms with Crippen molar-refractivity contribution in [3.8, 4) is 50.2 Å². The molecule has 2 aliphatic heterocycles. The minimum absolute atomic E-state index is 0.214. The van der Waals surface area contributed by atoms with Crippen LogP contribution in [0.3, 0.4) is 0 Å². The van der Waals surface area contributed by atoms with Crippen LogP contribution >= 0.6 is 0 Å². The molecule has 0 saturated carbocycles. The number of aromatic nitrogens is 1. The van der Waals surface area contributed by atoms with Crippen LogP contribution in [0.4, 0.5) is 51.2 Å². The molecule has 0 aliphatic carbocycles.